The molecule has 0 aliphatic carbocycles. The van der Waals surface area contributed by atoms with Crippen LogP contribution in [0, 0.1) is 6.92 Å². The monoisotopic (exact) mass is 424 g/mol. The van der Waals surface area contributed by atoms with Gasteiger partial charge in [0.2, 0.25) is 5.43 Å². The van der Waals surface area contributed by atoms with Crippen molar-refractivity contribution < 1.29 is 23.9 Å². The van der Waals surface area contributed by atoms with Crippen LogP contribution < -0.4 is 19.8 Å². The van der Waals surface area contributed by atoms with Gasteiger partial charge in [-0.3, -0.25) is 4.79 Å². The molecular weight excluding hydrogens is 394 g/mol. The zero-order valence-electron chi connectivity index (χ0n) is 18.4. The molecule has 0 spiro atoms. The average molecular weight is 425 g/mol. The highest BCUT2D eigenvalue weighted by Crippen LogP contribution is 2.34. The Morgan fingerprint density at radius 2 is 1.71 bits per heavy atom. The lowest BCUT2D eigenvalue weighted by atomic mass is 10.00. The Morgan fingerprint density at radius 1 is 1.00 bits per heavy atom. The number of hydrogen-bond acceptors (Lipinski definition) is 5. The Morgan fingerprint density at radius 3 is 2.39 bits per heavy atom. The summed E-state index contributed by atoms with van der Waals surface area (Å²) in [5, 5.41) is 11.1. The van der Waals surface area contributed by atoms with Crippen LogP contribution in [0.4, 0.5) is 0 Å². The van der Waals surface area contributed by atoms with Crippen LogP contribution in [-0.4, -0.2) is 32.4 Å². The highest BCUT2D eigenvalue weighted by molar-refractivity contribution is 5.86. The Bertz CT molecular complexity index is 1140. The van der Waals surface area contributed by atoms with Crippen LogP contribution in [0.1, 0.15) is 37.0 Å². The van der Waals surface area contributed by atoms with E-state index in [0.29, 0.717) is 51.5 Å². The number of benzene rings is 2. The fourth-order valence-electron chi connectivity index (χ4n) is 4.56. The van der Waals surface area contributed by atoms with E-state index in [1.54, 1.807) is 45.4 Å². The van der Waals surface area contributed by atoms with E-state index >= 15 is 0 Å². The Labute approximate surface area is 182 Å². The van der Waals surface area contributed by atoms with Gasteiger partial charge < -0.3 is 23.9 Å². The van der Waals surface area contributed by atoms with Crippen molar-refractivity contribution in [3.8, 4) is 28.4 Å². The number of quaternary nitrogens is 1. The summed E-state index contributed by atoms with van der Waals surface area (Å²) in [6, 6.07) is 8.66. The van der Waals surface area contributed by atoms with Crippen LogP contribution >= 0.6 is 0 Å². The van der Waals surface area contributed by atoms with E-state index in [0.717, 1.165) is 13.1 Å². The van der Waals surface area contributed by atoms with Gasteiger partial charge in [-0.1, -0.05) is 6.07 Å². The predicted octanol–water partition coefficient (Wildman–Crippen LogP) is 3.45. The van der Waals surface area contributed by atoms with E-state index in [2.05, 4.69) is 0 Å². The van der Waals surface area contributed by atoms with E-state index in [4.69, 9.17) is 13.9 Å². The lowest BCUT2D eigenvalue weighted by molar-refractivity contribution is -0.913. The molecule has 0 unspecified atom stereocenters. The van der Waals surface area contributed by atoms with Crippen LogP contribution in [0.3, 0.4) is 0 Å². The smallest absolute Gasteiger partial charge is 0.200 e. The van der Waals surface area contributed by atoms with Gasteiger partial charge in [-0.05, 0) is 62.4 Å². The van der Waals surface area contributed by atoms with Gasteiger partial charge in [-0.15, -0.1) is 0 Å². The second-order valence-electron chi connectivity index (χ2n) is 8.21. The molecule has 1 aromatic heterocycles. The van der Waals surface area contributed by atoms with Gasteiger partial charge in [0.05, 0.1) is 43.8 Å². The Balaban J connectivity index is 1.82. The molecule has 0 amide bonds. The molecule has 1 aliphatic heterocycles. The van der Waals surface area contributed by atoms with Gasteiger partial charge in [0.25, 0.3) is 0 Å². The molecule has 0 atom stereocenters. The normalized spacial score (nSPS) is 15.1. The number of ether oxygens (including phenoxy) is 2. The number of phenols is 1. The highest BCUT2D eigenvalue weighted by Gasteiger charge is 2.22. The van der Waals surface area contributed by atoms with Gasteiger partial charge in [-0.25, -0.2) is 0 Å². The summed E-state index contributed by atoms with van der Waals surface area (Å²) in [6.45, 7) is 4.59. The minimum absolute atomic E-state index is 0.113. The maximum atomic E-state index is 13.5. The Hall–Kier alpha value is -2.99. The van der Waals surface area contributed by atoms with E-state index in [1.807, 2.05) is 6.07 Å². The first-order chi connectivity index (χ1) is 15.0. The number of likely N-dealkylation sites (tertiary alicyclic amines) is 1. The van der Waals surface area contributed by atoms with Gasteiger partial charge >= 0.3 is 0 Å². The first-order valence-electron chi connectivity index (χ1n) is 10.9. The topological polar surface area (TPSA) is 73.3 Å². The Kier molecular flexibility index (Phi) is 6.18. The molecule has 2 aromatic carbocycles. The third-order valence-corrected chi connectivity index (χ3v) is 6.22. The van der Waals surface area contributed by atoms with Crippen LogP contribution in [-0.2, 0) is 6.54 Å². The number of phenolic OH excluding ortho intramolecular Hbond substituents is 1. The molecule has 1 saturated heterocycles. The van der Waals surface area contributed by atoms with Crippen LogP contribution in [0.15, 0.2) is 39.5 Å². The van der Waals surface area contributed by atoms with E-state index in [-0.39, 0.29) is 11.2 Å². The van der Waals surface area contributed by atoms with Crippen LogP contribution in [0.5, 0.6) is 17.2 Å². The molecule has 31 heavy (non-hydrogen) atoms. The number of rotatable bonds is 5. The second-order valence-corrected chi connectivity index (χ2v) is 8.21. The third-order valence-electron chi connectivity index (χ3n) is 6.22. The quantitative estimate of drug-likeness (QED) is 0.656. The second kappa shape index (κ2) is 9.02. The maximum Gasteiger partial charge on any atom is 0.200 e. The van der Waals surface area contributed by atoms with Crippen molar-refractivity contribution >= 4 is 11.0 Å². The fraction of sp³-hybridized carbons (Fsp3) is 0.400. The zero-order chi connectivity index (χ0) is 22.0. The van der Waals surface area contributed by atoms with E-state index in [9.17, 15) is 9.90 Å². The molecule has 2 N–H and O–H groups in total. The summed E-state index contributed by atoms with van der Waals surface area (Å²) in [7, 11) is 3.14. The van der Waals surface area contributed by atoms with Crippen LogP contribution in [0.25, 0.3) is 22.1 Å². The fourth-order valence-corrected chi connectivity index (χ4v) is 4.56. The maximum absolute atomic E-state index is 13.5. The molecule has 6 nitrogen and oxygen atoms in total. The van der Waals surface area contributed by atoms with Crippen molar-refractivity contribution in [3.63, 3.8) is 0 Å². The van der Waals surface area contributed by atoms with Gasteiger partial charge in [0.1, 0.15) is 18.1 Å². The minimum atomic E-state index is -0.113. The van der Waals surface area contributed by atoms with Crippen molar-refractivity contribution in [2.45, 2.75) is 39.2 Å². The molecule has 6 heteroatoms. The standard InChI is InChI=1S/C25H29NO5/c1-16-23(17-8-11-21(29-2)22(14-17)30-3)24(28)18-9-10-20(27)19(25(18)31-16)15-26-12-6-4-5-7-13-26/h8-11,14,27H,4-7,12-13,15H2,1-3H3/p+1. The number of aromatic hydroxyl groups is 1. The summed E-state index contributed by atoms with van der Waals surface area (Å²) in [5.41, 5.74) is 2.29. The molecule has 3 aromatic rings. The molecule has 4 rings (SSSR count). The van der Waals surface area contributed by atoms with Crippen molar-refractivity contribution in [3.05, 3.63) is 51.9 Å². The molecular formula is C25H30NO5+. The largest absolute Gasteiger partial charge is 0.507 e. The summed E-state index contributed by atoms with van der Waals surface area (Å²) in [4.78, 5) is 14.9. The number of nitrogens with one attached hydrogen (secondary N) is 1. The SMILES string of the molecule is COc1ccc(-c2c(C)oc3c(C[NH+]4CCCCCC4)c(O)ccc3c2=O)cc1OC. The number of hydrogen-bond donors (Lipinski definition) is 2. The molecule has 0 radical (unpaired) electrons. The lowest BCUT2D eigenvalue weighted by Gasteiger charge is -2.19. The molecule has 0 saturated carbocycles. The summed E-state index contributed by atoms with van der Waals surface area (Å²) < 4.78 is 16.9. The van der Waals surface area contributed by atoms with Crippen molar-refractivity contribution in [1.82, 2.24) is 0 Å². The molecule has 164 valence electrons. The third kappa shape index (κ3) is 4.12. The van der Waals surface area contributed by atoms with E-state index < -0.39 is 0 Å². The summed E-state index contributed by atoms with van der Waals surface area (Å²) in [5.74, 6) is 1.85. The highest BCUT2D eigenvalue weighted by atomic mass is 16.5. The van der Waals surface area contributed by atoms with Gasteiger partial charge in [0, 0.05) is 0 Å². The van der Waals surface area contributed by atoms with Crippen molar-refractivity contribution in [2.75, 3.05) is 27.3 Å². The van der Waals surface area contributed by atoms with Crippen LogP contribution in [0.2, 0.25) is 0 Å². The van der Waals surface area contributed by atoms with Gasteiger partial charge in [0.15, 0.2) is 17.1 Å². The minimum Gasteiger partial charge on any atom is -0.507 e. The molecule has 2 heterocycles. The number of methoxy groups -OCH3 is 2. The summed E-state index contributed by atoms with van der Waals surface area (Å²) >= 11 is 0. The predicted molar refractivity (Wildman–Crippen MR) is 120 cm³/mol. The number of fused-ring (bicyclic) bond motifs is 1. The van der Waals surface area contributed by atoms with Crippen molar-refractivity contribution in [2.24, 2.45) is 0 Å². The summed E-state index contributed by atoms with van der Waals surface area (Å²) in [6.07, 6.45) is 4.89. The molecule has 0 bridgehead atoms. The lowest BCUT2D eigenvalue weighted by Crippen LogP contribution is -3.10. The average Bonchev–Trinajstić information content (AvgIpc) is 3.04. The number of aryl methyl sites for hydroxylation is 1. The zero-order valence-corrected chi connectivity index (χ0v) is 18.4. The first-order valence-corrected chi connectivity index (χ1v) is 10.9. The molecule has 1 aliphatic rings. The van der Waals surface area contributed by atoms with Crippen molar-refractivity contribution in [1.29, 1.82) is 0 Å². The molecule has 1 fully saturated rings. The van der Waals surface area contributed by atoms with E-state index in [1.165, 1.54) is 30.6 Å². The first kappa shape index (κ1) is 21.2. The van der Waals surface area contributed by atoms with Gasteiger partial charge in [-0.2, -0.15) is 0 Å².